The Morgan fingerprint density at radius 3 is 2.63 bits per heavy atom. The van der Waals surface area contributed by atoms with Crippen LogP contribution in [0.25, 0.3) is 0 Å². The molecule has 1 aromatic carbocycles. The van der Waals surface area contributed by atoms with Crippen LogP contribution in [0.4, 0.5) is 18.9 Å². The van der Waals surface area contributed by atoms with Gasteiger partial charge in [-0.2, -0.15) is 13.2 Å². The molecule has 7 heteroatoms. The summed E-state index contributed by atoms with van der Waals surface area (Å²) in [4.78, 5) is 14.5. The second-order valence-electron chi connectivity index (χ2n) is 7.81. The summed E-state index contributed by atoms with van der Waals surface area (Å²) >= 11 is 0. The Morgan fingerprint density at radius 2 is 1.96 bits per heavy atom. The molecule has 0 aromatic heterocycles. The van der Waals surface area contributed by atoms with Crippen molar-refractivity contribution in [1.82, 2.24) is 10.2 Å². The number of nitrogens with two attached hydrogens (primary N) is 1. The molecular weight excluding hydrogens is 355 g/mol. The second kappa shape index (κ2) is 8.09. The van der Waals surface area contributed by atoms with E-state index in [1.165, 1.54) is 12.1 Å². The van der Waals surface area contributed by atoms with E-state index in [9.17, 15) is 18.0 Å². The maximum atomic E-state index is 13.3. The lowest BCUT2D eigenvalue weighted by Crippen LogP contribution is -2.50. The number of nitrogens with one attached hydrogen (secondary N) is 1. The lowest BCUT2D eigenvalue weighted by molar-refractivity contribution is -0.139. The van der Waals surface area contributed by atoms with Gasteiger partial charge in [0.15, 0.2) is 0 Å². The number of likely N-dealkylation sites (N-methyl/N-ethyl adjacent to an activating group) is 1. The first-order chi connectivity index (χ1) is 12.8. The highest BCUT2D eigenvalue weighted by molar-refractivity contribution is 5.79. The Hall–Kier alpha value is -1.76. The monoisotopic (exact) mass is 383 g/mol. The van der Waals surface area contributed by atoms with E-state index >= 15 is 0 Å². The van der Waals surface area contributed by atoms with Crippen LogP contribution in [0, 0.1) is 5.92 Å². The van der Waals surface area contributed by atoms with Crippen LogP contribution < -0.4 is 11.1 Å². The normalized spacial score (nSPS) is 26.1. The molecule has 0 bridgehead atoms. The minimum absolute atomic E-state index is 0.0140. The average molecular weight is 383 g/mol. The van der Waals surface area contributed by atoms with E-state index in [-0.39, 0.29) is 29.6 Å². The Labute approximate surface area is 158 Å². The van der Waals surface area contributed by atoms with Crippen molar-refractivity contribution in [2.45, 2.75) is 63.2 Å². The fraction of sp³-hybridized carbons (Fsp3) is 0.650. The number of halogens is 3. The number of anilines is 1. The Kier molecular flexibility index (Phi) is 5.99. The van der Waals surface area contributed by atoms with Gasteiger partial charge in [0.05, 0.1) is 12.0 Å². The topological polar surface area (TPSA) is 58.4 Å². The first-order valence-electron chi connectivity index (χ1n) is 9.72. The quantitative estimate of drug-likeness (QED) is 0.781. The largest absolute Gasteiger partial charge is 0.416 e. The SMILES string of the molecule is CN(C(=O)Cc1ccc(N)cc1C(F)(F)F)C1CCCCC1C1CCCN1. The van der Waals surface area contributed by atoms with Crippen LogP contribution in [0.1, 0.15) is 49.7 Å². The zero-order valence-corrected chi connectivity index (χ0v) is 15.7. The molecule has 1 aliphatic carbocycles. The number of carbonyl (C=O) groups excluding carboxylic acids is 1. The predicted octanol–water partition coefficient (Wildman–Crippen LogP) is 3.60. The van der Waals surface area contributed by atoms with Crippen molar-refractivity contribution in [2.75, 3.05) is 19.3 Å². The van der Waals surface area contributed by atoms with Crippen molar-refractivity contribution >= 4 is 11.6 Å². The minimum atomic E-state index is -4.52. The first kappa shape index (κ1) is 20.0. The van der Waals surface area contributed by atoms with Gasteiger partial charge in [0, 0.05) is 24.8 Å². The number of benzene rings is 1. The fourth-order valence-corrected chi connectivity index (χ4v) is 4.65. The van der Waals surface area contributed by atoms with Crippen molar-refractivity contribution in [3.8, 4) is 0 Å². The summed E-state index contributed by atoms with van der Waals surface area (Å²) in [5.74, 6) is 0.115. The third-order valence-electron chi connectivity index (χ3n) is 6.07. The minimum Gasteiger partial charge on any atom is -0.399 e. The van der Waals surface area contributed by atoms with Crippen LogP contribution in [0.3, 0.4) is 0 Å². The van der Waals surface area contributed by atoms with Crippen LogP contribution in [0.2, 0.25) is 0 Å². The van der Waals surface area contributed by atoms with Crippen molar-refractivity contribution in [3.05, 3.63) is 29.3 Å². The van der Waals surface area contributed by atoms with Crippen molar-refractivity contribution < 1.29 is 18.0 Å². The van der Waals surface area contributed by atoms with Crippen LogP contribution in [-0.2, 0) is 17.4 Å². The number of hydrogen-bond donors (Lipinski definition) is 2. The van der Waals surface area contributed by atoms with Crippen molar-refractivity contribution in [3.63, 3.8) is 0 Å². The molecule has 3 rings (SSSR count). The van der Waals surface area contributed by atoms with Gasteiger partial charge in [-0.15, -0.1) is 0 Å². The number of alkyl halides is 3. The van der Waals surface area contributed by atoms with Crippen LogP contribution in [0.15, 0.2) is 18.2 Å². The molecule has 1 aliphatic heterocycles. The molecule has 0 spiro atoms. The zero-order valence-electron chi connectivity index (χ0n) is 15.7. The van der Waals surface area contributed by atoms with Gasteiger partial charge in [-0.05, 0) is 55.8 Å². The van der Waals surface area contributed by atoms with E-state index in [0.717, 1.165) is 51.1 Å². The summed E-state index contributed by atoms with van der Waals surface area (Å²) in [6.07, 6.45) is 1.66. The number of nitrogens with zero attached hydrogens (tertiary/aromatic N) is 1. The van der Waals surface area contributed by atoms with Gasteiger partial charge in [0.2, 0.25) is 5.91 Å². The zero-order chi connectivity index (χ0) is 19.6. The molecule has 2 aliphatic rings. The molecule has 0 radical (unpaired) electrons. The molecule has 150 valence electrons. The average Bonchev–Trinajstić information content (AvgIpc) is 3.16. The smallest absolute Gasteiger partial charge is 0.399 e. The van der Waals surface area contributed by atoms with E-state index in [1.807, 2.05) is 0 Å². The van der Waals surface area contributed by atoms with Gasteiger partial charge in [0.1, 0.15) is 0 Å². The van der Waals surface area contributed by atoms with Crippen molar-refractivity contribution in [1.29, 1.82) is 0 Å². The summed E-state index contributed by atoms with van der Waals surface area (Å²) in [7, 11) is 1.74. The number of amides is 1. The number of nitrogen functional groups attached to an aromatic ring is 1. The molecular formula is C20H28F3N3O. The number of hydrogen-bond acceptors (Lipinski definition) is 3. The van der Waals surface area contributed by atoms with Crippen LogP contribution in [0.5, 0.6) is 0 Å². The van der Waals surface area contributed by atoms with Crippen LogP contribution in [-0.4, -0.2) is 36.5 Å². The maximum Gasteiger partial charge on any atom is 0.416 e. The molecule has 3 unspecified atom stereocenters. The number of carbonyl (C=O) groups is 1. The van der Waals surface area contributed by atoms with E-state index in [0.29, 0.717) is 12.0 Å². The van der Waals surface area contributed by atoms with E-state index < -0.39 is 11.7 Å². The summed E-state index contributed by atoms with van der Waals surface area (Å²) in [5.41, 5.74) is 4.73. The standard InChI is InChI=1S/C20H28F3N3O/c1-26(18-7-3-2-5-15(18)17-6-4-10-25-17)19(27)11-13-8-9-14(24)12-16(13)20(21,22)23/h8-9,12,15,17-18,25H,2-7,10-11,24H2,1H3. The lowest BCUT2D eigenvalue weighted by atomic mass is 9.78. The van der Waals surface area contributed by atoms with E-state index in [2.05, 4.69) is 5.32 Å². The Balaban J connectivity index is 1.75. The first-order valence-corrected chi connectivity index (χ1v) is 9.72. The van der Waals surface area contributed by atoms with Crippen molar-refractivity contribution in [2.24, 2.45) is 5.92 Å². The van der Waals surface area contributed by atoms with Gasteiger partial charge in [0.25, 0.3) is 0 Å². The molecule has 1 amide bonds. The van der Waals surface area contributed by atoms with Crippen LogP contribution >= 0.6 is 0 Å². The highest BCUT2D eigenvalue weighted by Crippen LogP contribution is 2.35. The summed E-state index contributed by atoms with van der Waals surface area (Å²) in [6, 6.07) is 4.15. The molecule has 3 atom stereocenters. The lowest BCUT2D eigenvalue weighted by Gasteiger charge is -2.41. The molecule has 27 heavy (non-hydrogen) atoms. The summed E-state index contributed by atoms with van der Waals surface area (Å²) in [5, 5.41) is 3.53. The highest BCUT2D eigenvalue weighted by Gasteiger charge is 2.38. The fourth-order valence-electron chi connectivity index (χ4n) is 4.65. The number of rotatable bonds is 4. The maximum absolute atomic E-state index is 13.3. The van der Waals surface area contributed by atoms with Gasteiger partial charge in [-0.1, -0.05) is 18.9 Å². The molecule has 1 heterocycles. The molecule has 1 saturated carbocycles. The third kappa shape index (κ3) is 4.57. The van der Waals surface area contributed by atoms with Gasteiger partial charge in [-0.25, -0.2) is 0 Å². The molecule has 4 nitrogen and oxygen atoms in total. The molecule has 3 N–H and O–H groups in total. The Morgan fingerprint density at radius 1 is 1.22 bits per heavy atom. The molecule has 1 aromatic rings. The summed E-state index contributed by atoms with van der Waals surface area (Å²) < 4.78 is 39.9. The van der Waals surface area contributed by atoms with Gasteiger partial charge in [-0.3, -0.25) is 4.79 Å². The molecule has 1 saturated heterocycles. The highest BCUT2D eigenvalue weighted by atomic mass is 19.4. The Bertz CT molecular complexity index is 671. The summed E-state index contributed by atoms with van der Waals surface area (Å²) in [6.45, 7) is 1.01. The third-order valence-corrected chi connectivity index (χ3v) is 6.07. The van der Waals surface area contributed by atoms with Gasteiger partial charge < -0.3 is 16.0 Å². The second-order valence-corrected chi connectivity index (χ2v) is 7.81. The predicted molar refractivity (Wildman–Crippen MR) is 99.1 cm³/mol. The van der Waals surface area contributed by atoms with Gasteiger partial charge >= 0.3 is 6.18 Å². The van der Waals surface area contributed by atoms with E-state index in [4.69, 9.17) is 5.73 Å². The van der Waals surface area contributed by atoms with E-state index in [1.54, 1.807) is 11.9 Å². The molecule has 2 fully saturated rings.